The van der Waals surface area contributed by atoms with Crippen molar-refractivity contribution >= 4 is 22.6 Å². The van der Waals surface area contributed by atoms with Gasteiger partial charge in [0.15, 0.2) is 81.4 Å². The van der Waals surface area contributed by atoms with E-state index in [1.807, 2.05) is 0 Å². The molecular formula is C37H18F19N. The highest BCUT2D eigenvalue weighted by atomic mass is 19.4. The monoisotopic (exact) mass is 837 g/mol. The van der Waals surface area contributed by atoms with Gasteiger partial charge in [-0.3, -0.25) is 4.90 Å². The number of benzene rings is 4. The lowest BCUT2D eigenvalue weighted by Crippen LogP contribution is -2.32. The minimum absolute atomic E-state index is 0.0352. The third kappa shape index (κ3) is 5.39. The first-order chi connectivity index (χ1) is 26.4. The quantitative estimate of drug-likeness (QED) is 0.106. The van der Waals surface area contributed by atoms with E-state index in [9.17, 15) is 35.1 Å². The fourth-order valence-electron chi connectivity index (χ4n) is 9.15. The molecule has 4 saturated carbocycles. The van der Waals surface area contributed by atoms with Gasteiger partial charge in [-0.25, -0.2) is 70.2 Å². The van der Waals surface area contributed by atoms with Crippen LogP contribution in [0.25, 0.3) is 16.7 Å². The van der Waals surface area contributed by atoms with Crippen molar-refractivity contribution in [3.63, 3.8) is 0 Å². The van der Waals surface area contributed by atoms with Crippen molar-refractivity contribution in [2.45, 2.75) is 50.6 Å². The molecule has 2 atom stereocenters. The molecule has 20 heteroatoms. The number of hydrogen-bond donors (Lipinski definition) is 0. The Hall–Kier alpha value is -4.91. The van der Waals surface area contributed by atoms with Gasteiger partial charge in [0.05, 0.1) is 16.8 Å². The molecule has 4 aromatic carbocycles. The van der Waals surface area contributed by atoms with E-state index in [-0.39, 0.29) is 24.7 Å². The minimum atomic E-state index is -6.18. The van der Waals surface area contributed by atoms with Crippen molar-refractivity contribution in [1.29, 1.82) is 0 Å². The average molecular weight is 838 g/mol. The molecule has 1 nitrogen and oxygen atoms in total. The molecule has 8 rings (SSSR count). The highest BCUT2D eigenvalue weighted by molar-refractivity contribution is 5.88. The second-order valence-corrected chi connectivity index (χ2v) is 14.3. The Morgan fingerprint density at radius 2 is 0.860 bits per heavy atom. The van der Waals surface area contributed by atoms with E-state index in [2.05, 4.69) is 6.58 Å². The number of halogens is 19. The van der Waals surface area contributed by atoms with Crippen LogP contribution < -0.4 is 4.90 Å². The van der Waals surface area contributed by atoms with Crippen LogP contribution in [0.2, 0.25) is 0 Å². The molecule has 0 N–H and O–H groups in total. The zero-order valence-corrected chi connectivity index (χ0v) is 28.1. The van der Waals surface area contributed by atoms with Crippen molar-refractivity contribution in [2.75, 3.05) is 4.90 Å². The minimum Gasteiger partial charge on any atom is -0.296 e. The van der Waals surface area contributed by atoms with Crippen molar-refractivity contribution in [3.8, 4) is 11.1 Å². The molecule has 0 aromatic heterocycles. The normalized spacial score (nSPS) is 21.3. The summed E-state index contributed by atoms with van der Waals surface area (Å²) in [4.78, 5) is -1.30. The highest BCUT2D eigenvalue weighted by Gasteiger charge is 2.61. The molecule has 0 saturated heterocycles. The first-order valence-electron chi connectivity index (χ1n) is 16.4. The van der Waals surface area contributed by atoms with Crippen molar-refractivity contribution in [3.05, 3.63) is 116 Å². The molecule has 4 fully saturated rings. The van der Waals surface area contributed by atoms with E-state index >= 15 is 48.3 Å². The maximum absolute atomic E-state index is 16.5. The summed E-state index contributed by atoms with van der Waals surface area (Å²) in [6, 6.07) is 0. The lowest BCUT2D eigenvalue weighted by atomic mass is 9.70. The topological polar surface area (TPSA) is 3.24 Å². The SMILES string of the molecule is C=C(C)c1c(F)c(C(F)(F)F)c(F)c(F)c1N(c1c(F)c(F)c(-c2c(F)c(F)c(F)c(F)c2F)c(F)c1F)c1c(F)c(F)c(C23CC4CC(CC2C4)C3)c(F)c1F. The van der Waals surface area contributed by atoms with Crippen LogP contribution >= 0.6 is 0 Å². The smallest absolute Gasteiger partial charge is 0.296 e. The van der Waals surface area contributed by atoms with Gasteiger partial charge in [0.25, 0.3) is 0 Å². The number of allylic oxidation sites excluding steroid dienone is 1. The Morgan fingerprint density at radius 1 is 0.491 bits per heavy atom. The summed E-state index contributed by atoms with van der Waals surface area (Å²) in [6.07, 6.45) is -4.98. The van der Waals surface area contributed by atoms with Crippen LogP contribution in [-0.2, 0) is 11.6 Å². The van der Waals surface area contributed by atoms with Crippen LogP contribution in [0.15, 0.2) is 6.58 Å². The maximum Gasteiger partial charge on any atom is 0.422 e. The number of rotatable bonds is 6. The van der Waals surface area contributed by atoms with E-state index in [1.165, 1.54) is 0 Å². The Kier molecular flexibility index (Phi) is 9.23. The van der Waals surface area contributed by atoms with Crippen LogP contribution in [0.1, 0.15) is 55.7 Å². The summed E-state index contributed by atoms with van der Waals surface area (Å²) in [5.41, 5.74) is -23.0. The Labute approximate surface area is 307 Å². The van der Waals surface area contributed by atoms with E-state index in [4.69, 9.17) is 0 Å². The molecule has 4 aromatic rings. The fourth-order valence-corrected chi connectivity index (χ4v) is 9.15. The van der Waals surface area contributed by atoms with E-state index in [0.29, 0.717) is 26.2 Å². The third-order valence-electron chi connectivity index (χ3n) is 11.1. The molecule has 2 unspecified atom stereocenters. The number of alkyl halides is 3. The predicted molar refractivity (Wildman–Crippen MR) is 161 cm³/mol. The first kappa shape index (κ1) is 40.3. The van der Waals surface area contributed by atoms with Crippen molar-refractivity contribution in [2.24, 2.45) is 17.8 Å². The summed E-state index contributed by atoms with van der Waals surface area (Å²) in [5.74, 6) is -48.9. The van der Waals surface area contributed by atoms with Gasteiger partial charge in [0, 0.05) is 16.5 Å². The van der Waals surface area contributed by atoms with Gasteiger partial charge >= 0.3 is 6.18 Å². The van der Waals surface area contributed by atoms with Crippen molar-refractivity contribution in [1.82, 2.24) is 0 Å². The summed E-state index contributed by atoms with van der Waals surface area (Å²) >= 11 is 0. The second-order valence-electron chi connectivity index (χ2n) is 14.3. The molecule has 0 radical (unpaired) electrons. The average Bonchev–Trinajstić information content (AvgIpc) is 3.52. The molecule has 0 spiro atoms. The molecule has 57 heavy (non-hydrogen) atoms. The molecule has 4 aliphatic carbocycles. The van der Waals surface area contributed by atoms with Gasteiger partial charge < -0.3 is 0 Å². The standard InChI is InChI=1S/C37H18F19N/c1-8(2)12-17(38)16(37(54,55)56)24(45)30(51)33(12)57(34-28(49)20(41)14(21(42)29(34)50)13-18(39)25(46)27(48)26(47)19(13)40)35-31(52)22(43)15(23(44)32(35)53)36-6-9-3-10(7-36)5-11(36)4-9/h9-11H,1,3-7H2,2H3. The van der Waals surface area contributed by atoms with Crippen LogP contribution in [0, 0.1) is 111 Å². The van der Waals surface area contributed by atoms with Crippen LogP contribution in [0.4, 0.5) is 100 Å². The Morgan fingerprint density at radius 3 is 1.26 bits per heavy atom. The number of nitrogens with zero attached hydrogens (tertiary/aromatic N) is 1. The summed E-state index contributed by atoms with van der Waals surface area (Å²) in [6.45, 7) is 3.49. The van der Waals surface area contributed by atoms with Gasteiger partial charge in [-0.15, -0.1) is 0 Å². The summed E-state index contributed by atoms with van der Waals surface area (Å²) in [5, 5.41) is 0. The molecule has 304 valence electrons. The van der Waals surface area contributed by atoms with E-state index in [1.54, 1.807) is 0 Å². The first-order valence-corrected chi connectivity index (χ1v) is 16.4. The Balaban J connectivity index is 1.63. The van der Waals surface area contributed by atoms with Gasteiger partial charge in [-0.1, -0.05) is 6.58 Å². The van der Waals surface area contributed by atoms with Gasteiger partial charge in [0.1, 0.15) is 22.8 Å². The molecular weight excluding hydrogens is 819 g/mol. The molecule has 0 aliphatic heterocycles. The van der Waals surface area contributed by atoms with E-state index < -0.39 is 166 Å². The molecule has 4 bridgehead atoms. The Bertz CT molecular complexity index is 2370. The zero-order valence-electron chi connectivity index (χ0n) is 28.1. The van der Waals surface area contributed by atoms with Gasteiger partial charge in [-0.05, 0) is 62.4 Å². The third-order valence-corrected chi connectivity index (χ3v) is 11.1. The highest BCUT2D eigenvalue weighted by Crippen LogP contribution is 2.67. The van der Waals surface area contributed by atoms with Crippen LogP contribution in [-0.4, -0.2) is 0 Å². The van der Waals surface area contributed by atoms with Crippen LogP contribution in [0.3, 0.4) is 0 Å². The largest absolute Gasteiger partial charge is 0.422 e. The molecule has 0 amide bonds. The lowest BCUT2D eigenvalue weighted by Gasteiger charge is -2.36. The zero-order chi connectivity index (χ0) is 42.3. The fraction of sp³-hybridized carbons (Fsp3) is 0.297. The summed E-state index contributed by atoms with van der Waals surface area (Å²) in [7, 11) is 0. The number of anilines is 3. The van der Waals surface area contributed by atoms with Gasteiger partial charge in [0.2, 0.25) is 5.82 Å². The second kappa shape index (κ2) is 13.1. The molecule has 0 heterocycles. The summed E-state index contributed by atoms with van der Waals surface area (Å²) < 4.78 is 289. The maximum atomic E-state index is 16.5. The van der Waals surface area contributed by atoms with E-state index in [0.717, 1.165) is 0 Å². The molecule has 4 aliphatic rings. The number of hydrogen-bond acceptors (Lipinski definition) is 1. The lowest BCUT2D eigenvalue weighted by molar-refractivity contribution is -0.142. The van der Waals surface area contributed by atoms with Crippen molar-refractivity contribution < 1.29 is 83.4 Å². The van der Waals surface area contributed by atoms with Crippen LogP contribution in [0.5, 0.6) is 0 Å². The predicted octanol–water partition coefficient (Wildman–Crippen LogP) is 13.2. The van der Waals surface area contributed by atoms with Gasteiger partial charge in [-0.2, -0.15) is 13.2 Å².